The van der Waals surface area contributed by atoms with Gasteiger partial charge in [0.05, 0.1) is 0 Å². The molecule has 0 aliphatic carbocycles. The van der Waals surface area contributed by atoms with Gasteiger partial charge in [-0.15, -0.1) is 0 Å². The van der Waals surface area contributed by atoms with Crippen LogP contribution in [0, 0.1) is 0 Å². The van der Waals surface area contributed by atoms with Crippen molar-refractivity contribution in [1.29, 1.82) is 0 Å². The molecular weight excluding hydrogens is 252 g/mol. The Bertz CT molecular complexity index is 15.5. The van der Waals surface area contributed by atoms with Gasteiger partial charge in [-0.3, -0.25) is 0 Å². The Labute approximate surface area is 98.5 Å². The zero-order chi connectivity index (χ0) is 0. The fraction of sp³-hybridized carbons (Fsp3) is 0. The fourth-order valence-electron chi connectivity index (χ4n) is 0. The summed E-state index contributed by atoms with van der Waals surface area (Å²) in [6.45, 7) is 0. The molecule has 0 aliphatic rings. The molecule has 0 unspecified atom stereocenters. The van der Waals surface area contributed by atoms with Gasteiger partial charge >= 0.3 is 29.6 Å². The molecule has 0 bridgehead atoms. The summed E-state index contributed by atoms with van der Waals surface area (Å²) in [5, 5.41) is 0. The second-order valence-electron chi connectivity index (χ2n) is 0. The van der Waals surface area contributed by atoms with Crippen LogP contribution in [-0.2, 0) is 69.2 Å². The largest absolute Gasteiger partial charge is 1.00 e. The predicted molar refractivity (Wildman–Crippen MR) is 1.11 cm³/mol. The van der Waals surface area contributed by atoms with Crippen LogP contribution in [0.25, 0.3) is 0 Å². The first-order valence-corrected chi connectivity index (χ1v) is 0. The standard InChI is InChI=1S/Cu.Fe.Na.Ni.V.H/q;;+1;;;-1. The van der Waals surface area contributed by atoms with E-state index in [2.05, 4.69) is 0 Å². The van der Waals surface area contributed by atoms with E-state index in [1.54, 1.807) is 0 Å². The molecule has 0 saturated heterocycles. The van der Waals surface area contributed by atoms with Crippen molar-refractivity contribution < 1.29 is 100 Å². The van der Waals surface area contributed by atoms with Gasteiger partial charge in [0.1, 0.15) is 0 Å². The van der Waals surface area contributed by atoms with Crippen molar-refractivity contribution in [3.05, 3.63) is 0 Å². The first-order chi connectivity index (χ1) is 0. The van der Waals surface area contributed by atoms with Crippen LogP contribution in [-0.4, -0.2) is 0 Å². The van der Waals surface area contributed by atoms with Gasteiger partial charge in [-0.25, -0.2) is 0 Å². The Morgan fingerprint density at radius 1 is 1.20 bits per heavy atom. The Morgan fingerprint density at radius 3 is 1.20 bits per heavy atom. The molecule has 0 aromatic rings. The van der Waals surface area contributed by atoms with Crippen LogP contribution >= 0.6 is 0 Å². The van der Waals surface area contributed by atoms with Crippen molar-refractivity contribution in [2.45, 2.75) is 0 Å². The summed E-state index contributed by atoms with van der Waals surface area (Å²) in [5.74, 6) is 0. The molecule has 2 radical (unpaired) electrons. The maximum Gasteiger partial charge on any atom is 1.00 e. The Hall–Kier alpha value is 3.12. The minimum atomic E-state index is 0. The molecule has 5 heavy (non-hydrogen) atoms. The maximum absolute atomic E-state index is 0. The van der Waals surface area contributed by atoms with E-state index in [4.69, 9.17) is 0 Å². The molecule has 0 fully saturated rings. The van der Waals surface area contributed by atoms with Gasteiger partial charge in [0.25, 0.3) is 0 Å². The smallest absolute Gasteiger partial charge is 1.00 e. The molecule has 0 nitrogen and oxygen atoms in total. The average molecular weight is 253 g/mol. The SMILES string of the molecule is [Cu].[Fe].[H-].[Na+].[Ni].[V]. The molecule has 0 saturated carbocycles. The number of hydrogen-bond donors (Lipinski definition) is 0. The zero-order valence-electron chi connectivity index (χ0n) is 3.42. The van der Waals surface area contributed by atoms with Crippen LogP contribution in [0.15, 0.2) is 0 Å². The zero-order valence-corrected chi connectivity index (χ0v) is 8.85. The molecular formula is HCuFeNaNiV. The summed E-state index contributed by atoms with van der Waals surface area (Å²) in [5.41, 5.74) is 0. The molecule has 0 atom stereocenters. The number of hydrogen-bond acceptors (Lipinski definition) is 0. The monoisotopic (exact) mass is 252 g/mol. The Balaban J connectivity index is 0. The van der Waals surface area contributed by atoms with Crippen LogP contribution < -0.4 is 29.6 Å². The molecule has 0 amide bonds. The molecule has 0 rings (SSSR count). The third-order valence-electron chi connectivity index (χ3n) is 0. The van der Waals surface area contributed by atoms with E-state index < -0.39 is 0 Å². The molecule has 5 heteroatoms. The summed E-state index contributed by atoms with van der Waals surface area (Å²) >= 11 is 0. The molecule has 0 spiro atoms. The summed E-state index contributed by atoms with van der Waals surface area (Å²) in [6.07, 6.45) is 0. The first kappa shape index (κ1) is 42.3. The molecule has 0 aromatic heterocycles. The normalized spacial score (nSPS) is 0. The Kier molecular flexibility index (Phi) is 232. The van der Waals surface area contributed by atoms with Crippen LogP contribution in [0.2, 0.25) is 0 Å². The quantitative estimate of drug-likeness (QED) is 0.406. The van der Waals surface area contributed by atoms with Gasteiger partial charge in [0.15, 0.2) is 0 Å². The number of rotatable bonds is 0. The molecule has 0 aromatic carbocycles. The van der Waals surface area contributed by atoms with Crippen molar-refractivity contribution in [2.75, 3.05) is 0 Å². The second-order valence-corrected chi connectivity index (χ2v) is 0. The van der Waals surface area contributed by atoms with Gasteiger partial charge in [0.2, 0.25) is 0 Å². The van der Waals surface area contributed by atoms with Crippen LogP contribution in [0.4, 0.5) is 0 Å². The predicted octanol–water partition coefficient (Wildman–Crippen LogP) is -2.89. The van der Waals surface area contributed by atoms with Crippen LogP contribution in [0.3, 0.4) is 0 Å². The summed E-state index contributed by atoms with van der Waals surface area (Å²) in [7, 11) is 0. The van der Waals surface area contributed by atoms with E-state index in [9.17, 15) is 0 Å². The van der Waals surface area contributed by atoms with Crippen LogP contribution in [0.1, 0.15) is 1.43 Å². The van der Waals surface area contributed by atoms with Crippen LogP contribution in [0.5, 0.6) is 0 Å². The second kappa shape index (κ2) is 27.4. The van der Waals surface area contributed by atoms with E-state index >= 15 is 0 Å². The minimum absolute atomic E-state index is 0. The Morgan fingerprint density at radius 2 is 1.20 bits per heavy atom. The topological polar surface area (TPSA) is 0 Å². The van der Waals surface area contributed by atoms with E-state index in [1.807, 2.05) is 0 Å². The third-order valence-corrected chi connectivity index (χ3v) is 0. The summed E-state index contributed by atoms with van der Waals surface area (Å²) < 4.78 is 0. The van der Waals surface area contributed by atoms with Crippen molar-refractivity contribution in [2.24, 2.45) is 0 Å². The van der Waals surface area contributed by atoms with Gasteiger partial charge in [-0.2, -0.15) is 0 Å². The van der Waals surface area contributed by atoms with Crippen molar-refractivity contribution in [1.82, 2.24) is 0 Å². The van der Waals surface area contributed by atoms with Crippen molar-refractivity contribution in [3.63, 3.8) is 0 Å². The average Bonchev–Trinajstić information content (AvgIpc) is 0. The van der Waals surface area contributed by atoms with E-state index in [-0.39, 0.29) is 100 Å². The van der Waals surface area contributed by atoms with E-state index in [1.165, 1.54) is 0 Å². The molecule has 36 valence electrons. The molecule has 0 N–H and O–H groups in total. The molecule has 0 heterocycles. The van der Waals surface area contributed by atoms with Crippen molar-refractivity contribution in [3.8, 4) is 0 Å². The fourth-order valence-corrected chi connectivity index (χ4v) is 0. The van der Waals surface area contributed by atoms with E-state index in [0.717, 1.165) is 0 Å². The summed E-state index contributed by atoms with van der Waals surface area (Å²) in [6, 6.07) is 0. The van der Waals surface area contributed by atoms with Gasteiger partial charge in [0, 0.05) is 69.2 Å². The van der Waals surface area contributed by atoms with E-state index in [0.29, 0.717) is 0 Å². The van der Waals surface area contributed by atoms with Gasteiger partial charge in [-0.1, -0.05) is 0 Å². The molecule has 0 aliphatic heterocycles. The van der Waals surface area contributed by atoms with Gasteiger partial charge in [-0.05, 0) is 0 Å². The maximum atomic E-state index is 0. The van der Waals surface area contributed by atoms with Gasteiger partial charge < -0.3 is 1.43 Å². The minimum Gasteiger partial charge on any atom is -1.00 e. The third kappa shape index (κ3) is 19.2. The van der Waals surface area contributed by atoms with Crippen molar-refractivity contribution >= 4 is 0 Å². The summed E-state index contributed by atoms with van der Waals surface area (Å²) in [4.78, 5) is 0. The first-order valence-electron chi connectivity index (χ1n) is 0.